The van der Waals surface area contributed by atoms with Crippen LogP contribution < -0.4 is 9.62 Å². The first-order valence-electron chi connectivity index (χ1n) is 13.6. The number of carbonyl (C=O) groups excluding carboxylic acids is 2. The summed E-state index contributed by atoms with van der Waals surface area (Å²) >= 11 is 0. The summed E-state index contributed by atoms with van der Waals surface area (Å²) in [6, 6.07) is 21.2. The monoisotopic (exact) mass is 582 g/mol. The Morgan fingerprint density at radius 3 is 2.10 bits per heavy atom. The van der Waals surface area contributed by atoms with Crippen LogP contribution in [-0.2, 0) is 32.8 Å². The van der Waals surface area contributed by atoms with E-state index in [4.69, 9.17) is 0 Å². The third-order valence-electron chi connectivity index (χ3n) is 6.89. The van der Waals surface area contributed by atoms with Crippen molar-refractivity contribution in [2.75, 3.05) is 24.9 Å². The minimum absolute atomic E-state index is 0.0532. The highest BCUT2D eigenvalue weighted by atomic mass is 32.2. The molecule has 0 aliphatic carbocycles. The number of carbonyl (C=O) groups is 2. The molecule has 3 aromatic carbocycles. The first-order valence-corrected chi connectivity index (χ1v) is 15.0. The molecule has 0 bridgehead atoms. The number of hydrogen-bond donors (Lipinski definition) is 1. The van der Waals surface area contributed by atoms with Crippen molar-refractivity contribution >= 4 is 27.7 Å². The summed E-state index contributed by atoms with van der Waals surface area (Å²) in [5.41, 5.74) is 2.38. The van der Waals surface area contributed by atoms with Crippen molar-refractivity contribution in [1.29, 1.82) is 0 Å². The van der Waals surface area contributed by atoms with Crippen LogP contribution in [0.25, 0.3) is 0 Å². The Balaban J connectivity index is 2.10. The van der Waals surface area contributed by atoms with Gasteiger partial charge in [0.05, 0.1) is 5.69 Å². The Kier molecular flexibility index (Phi) is 11.0. The molecule has 0 unspecified atom stereocenters. The molecule has 0 heterocycles. The van der Waals surface area contributed by atoms with Crippen LogP contribution in [-0.4, -0.2) is 62.2 Å². The number of benzene rings is 3. The largest absolute Gasteiger partial charge is 0.352 e. The van der Waals surface area contributed by atoms with E-state index in [1.807, 2.05) is 75.4 Å². The Bertz CT molecular complexity index is 1420. The zero-order valence-corrected chi connectivity index (χ0v) is 25.1. The van der Waals surface area contributed by atoms with Crippen LogP contribution in [0.15, 0.2) is 78.9 Å². The zero-order chi connectivity index (χ0) is 30.2. The SMILES string of the molecule is CC[C@H](C)NC(=O)[C@H](Cc1ccccc1)N(Cc1ccc(C)cc1)C(=O)CN(c1ccccc1F)S(=O)(=O)N(C)C. The molecule has 0 fully saturated rings. The van der Waals surface area contributed by atoms with Gasteiger partial charge in [0.25, 0.3) is 0 Å². The van der Waals surface area contributed by atoms with E-state index in [-0.39, 0.29) is 30.6 Å². The molecule has 3 rings (SSSR count). The van der Waals surface area contributed by atoms with E-state index < -0.39 is 34.5 Å². The molecule has 3 aromatic rings. The van der Waals surface area contributed by atoms with Gasteiger partial charge in [0, 0.05) is 33.1 Å². The fraction of sp³-hybridized carbons (Fsp3) is 0.355. The fourth-order valence-electron chi connectivity index (χ4n) is 4.24. The second-order valence-corrected chi connectivity index (χ2v) is 12.3. The smallest absolute Gasteiger partial charge is 0.304 e. The predicted molar refractivity (Wildman–Crippen MR) is 160 cm³/mol. The van der Waals surface area contributed by atoms with E-state index in [1.54, 1.807) is 0 Å². The molecule has 41 heavy (non-hydrogen) atoms. The van der Waals surface area contributed by atoms with E-state index in [0.29, 0.717) is 6.42 Å². The van der Waals surface area contributed by atoms with E-state index in [2.05, 4.69) is 5.32 Å². The summed E-state index contributed by atoms with van der Waals surface area (Å²) in [4.78, 5) is 29.3. The van der Waals surface area contributed by atoms with Crippen LogP contribution in [0.4, 0.5) is 10.1 Å². The highest BCUT2D eigenvalue weighted by Gasteiger charge is 2.35. The first-order chi connectivity index (χ1) is 19.4. The summed E-state index contributed by atoms with van der Waals surface area (Å²) in [6.07, 6.45) is 0.901. The Morgan fingerprint density at radius 2 is 1.51 bits per heavy atom. The summed E-state index contributed by atoms with van der Waals surface area (Å²) in [7, 11) is -1.64. The molecule has 0 aromatic heterocycles. The lowest BCUT2D eigenvalue weighted by atomic mass is 10.0. The van der Waals surface area contributed by atoms with Crippen molar-refractivity contribution < 1.29 is 22.4 Å². The Labute approximate surface area is 243 Å². The summed E-state index contributed by atoms with van der Waals surface area (Å²) in [5, 5.41) is 2.99. The van der Waals surface area contributed by atoms with Crippen LogP contribution >= 0.6 is 0 Å². The first kappa shape index (κ1) is 31.8. The van der Waals surface area contributed by atoms with Gasteiger partial charge in [0.2, 0.25) is 11.8 Å². The lowest BCUT2D eigenvalue weighted by molar-refractivity contribution is -0.140. The minimum atomic E-state index is -4.27. The second-order valence-electron chi connectivity index (χ2n) is 10.3. The fourth-order valence-corrected chi connectivity index (χ4v) is 5.31. The van der Waals surface area contributed by atoms with Crippen molar-refractivity contribution in [2.45, 2.75) is 52.2 Å². The molecule has 0 radical (unpaired) electrons. The summed E-state index contributed by atoms with van der Waals surface area (Å²) < 4.78 is 43.3. The number of rotatable bonds is 13. The Hall–Kier alpha value is -3.76. The number of hydrogen-bond acceptors (Lipinski definition) is 4. The molecule has 220 valence electrons. The van der Waals surface area contributed by atoms with Gasteiger partial charge in [0.1, 0.15) is 18.4 Å². The van der Waals surface area contributed by atoms with Crippen LogP contribution in [0.5, 0.6) is 0 Å². The molecular formula is C31H39FN4O4S. The van der Waals surface area contributed by atoms with Gasteiger partial charge in [-0.15, -0.1) is 0 Å². The van der Waals surface area contributed by atoms with Crippen molar-refractivity contribution in [2.24, 2.45) is 0 Å². The van der Waals surface area contributed by atoms with Gasteiger partial charge >= 0.3 is 10.2 Å². The average Bonchev–Trinajstić information content (AvgIpc) is 2.95. The molecule has 1 N–H and O–H groups in total. The third-order valence-corrected chi connectivity index (χ3v) is 8.69. The molecule has 0 aliphatic heterocycles. The Morgan fingerprint density at radius 1 is 0.902 bits per heavy atom. The molecule has 2 atom stereocenters. The number of nitrogens with one attached hydrogen (secondary N) is 1. The molecule has 8 nitrogen and oxygen atoms in total. The number of aryl methyl sites for hydroxylation is 1. The van der Waals surface area contributed by atoms with Crippen molar-refractivity contribution in [3.63, 3.8) is 0 Å². The third kappa shape index (κ3) is 8.37. The van der Waals surface area contributed by atoms with Gasteiger partial charge in [0.15, 0.2) is 0 Å². The lowest BCUT2D eigenvalue weighted by Gasteiger charge is -2.35. The maximum absolute atomic E-state index is 14.9. The maximum atomic E-state index is 14.9. The number of amides is 2. The molecule has 0 saturated carbocycles. The molecule has 0 saturated heterocycles. The van der Waals surface area contributed by atoms with Gasteiger partial charge in [-0.3, -0.25) is 9.59 Å². The molecule has 0 spiro atoms. The quantitative estimate of drug-likeness (QED) is 0.326. The predicted octanol–water partition coefficient (Wildman–Crippen LogP) is 4.30. The van der Waals surface area contributed by atoms with Crippen molar-refractivity contribution in [3.05, 3.63) is 101 Å². The van der Waals surface area contributed by atoms with Crippen molar-refractivity contribution in [3.8, 4) is 0 Å². The van der Waals surface area contributed by atoms with Gasteiger partial charge in [-0.05, 0) is 43.5 Å². The highest BCUT2D eigenvalue weighted by Crippen LogP contribution is 2.24. The lowest BCUT2D eigenvalue weighted by Crippen LogP contribution is -2.55. The average molecular weight is 583 g/mol. The number of anilines is 1. The topological polar surface area (TPSA) is 90.0 Å². The van der Waals surface area contributed by atoms with Gasteiger partial charge in [-0.2, -0.15) is 12.7 Å². The van der Waals surface area contributed by atoms with Gasteiger partial charge in [-0.25, -0.2) is 8.70 Å². The van der Waals surface area contributed by atoms with E-state index in [9.17, 15) is 22.4 Å². The number of para-hydroxylation sites is 1. The van der Waals surface area contributed by atoms with Crippen LogP contribution in [0.2, 0.25) is 0 Å². The normalized spacial score (nSPS) is 13.0. The van der Waals surface area contributed by atoms with E-state index >= 15 is 0 Å². The number of nitrogens with zero attached hydrogens (tertiary/aromatic N) is 3. The molecular weight excluding hydrogens is 543 g/mol. The van der Waals surface area contributed by atoms with Gasteiger partial charge in [-0.1, -0.05) is 79.2 Å². The van der Waals surface area contributed by atoms with Crippen LogP contribution in [0.1, 0.15) is 37.0 Å². The molecule has 2 amide bonds. The maximum Gasteiger partial charge on any atom is 0.304 e. The van der Waals surface area contributed by atoms with Crippen LogP contribution in [0.3, 0.4) is 0 Å². The van der Waals surface area contributed by atoms with Crippen LogP contribution in [0, 0.1) is 12.7 Å². The van der Waals surface area contributed by atoms with E-state index in [1.165, 1.54) is 37.2 Å². The minimum Gasteiger partial charge on any atom is -0.352 e. The molecule has 10 heteroatoms. The number of halogens is 1. The van der Waals surface area contributed by atoms with Gasteiger partial charge < -0.3 is 10.2 Å². The standard InChI is InChI=1S/C31H39FN4O4S/c1-6-24(3)33-31(38)29(20-25-12-8-7-9-13-25)35(21-26-18-16-23(2)17-19-26)30(37)22-36(41(39,40)34(4)5)28-15-11-10-14-27(28)32/h7-19,24,29H,6,20-22H2,1-5H3,(H,33,38)/t24-,29-/m0/s1. The van der Waals surface area contributed by atoms with Crippen molar-refractivity contribution in [1.82, 2.24) is 14.5 Å². The summed E-state index contributed by atoms with van der Waals surface area (Å²) in [6.45, 7) is 5.13. The van der Waals surface area contributed by atoms with E-state index in [0.717, 1.165) is 31.4 Å². The summed E-state index contributed by atoms with van der Waals surface area (Å²) in [5.74, 6) is -1.78. The highest BCUT2D eigenvalue weighted by molar-refractivity contribution is 7.90. The second kappa shape index (κ2) is 14.2. The molecule has 0 aliphatic rings. The zero-order valence-electron chi connectivity index (χ0n) is 24.2.